The topological polar surface area (TPSA) is 50.1 Å². The molecule has 1 aromatic carbocycles. The molecule has 1 unspecified atom stereocenters. The van der Waals surface area contributed by atoms with Crippen LogP contribution >= 0.6 is 0 Å². The lowest BCUT2D eigenvalue weighted by Gasteiger charge is -2.32. The minimum Gasteiger partial charge on any atom is -0.354 e. The van der Waals surface area contributed by atoms with Gasteiger partial charge in [-0.15, -0.1) is 0 Å². The highest BCUT2D eigenvalue weighted by Gasteiger charge is 2.30. The van der Waals surface area contributed by atoms with Gasteiger partial charge in [0.2, 0.25) is 0 Å². The molecule has 2 fully saturated rings. The summed E-state index contributed by atoms with van der Waals surface area (Å²) in [6.07, 6.45) is 8.88. The third kappa shape index (κ3) is 2.74. The Bertz CT molecular complexity index is 884. The molecule has 0 radical (unpaired) electrons. The van der Waals surface area contributed by atoms with Gasteiger partial charge in [-0.2, -0.15) is 5.10 Å². The van der Waals surface area contributed by atoms with Gasteiger partial charge in [-0.3, -0.25) is 4.90 Å². The van der Waals surface area contributed by atoms with Crippen molar-refractivity contribution < 1.29 is 0 Å². The molecule has 0 saturated carbocycles. The van der Waals surface area contributed by atoms with Gasteiger partial charge < -0.3 is 4.90 Å². The van der Waals surface area contributed by atoms with E-state index in [2.05, 4.69) is 37.0 Å². The third-order valence-corrected chi connectivity index (χ3v) is 5.72. The second-order valence-corrected chi connectivity index (χ2v) is 7.31. The summed E-state index contributed by atoms with van der Waals surface area (Å²) >= 11 is 0. The highest BCUT2D eigenvalue weighted by atomic mass is 15.3. The lowest BCUT2D eigenvalue weighted by molar-refractivity contribution is 0.175. The fourth-order valence-corrected chi connectivity index (χ4v) is 4.36. The van der Waals surface area contributed by atoms with Crippen molar-refractivity contribution in [2.24, 2.45) is 0 Å². The van der Waals surface area contributed by atoms with Gasteiger partial charge in [-0.25, -0.2) is 14.6 Å². The number of likely N-dealkylation sites (tertiary alicyclic amines) is 1. The summed E-state index contributed by atoms with van der Waals surface area (Å²) in [5.41, 5.74) is 1.90. The van der Waals surface area contributed by atoms with Crippen molar-refractivity contribution >= 4 is 16.9 Å². The predicted molar refractivity (Wildman–Crippen MR) is 103 cm³/mol. The first-order valence-electron chi connectivity index (χ1n) is 9.63. The van der Waals surface area contributed by atoms with Crippen LogP contribution in [0, 0.1) is 0 Å². The fourth-order valence-electron chi connectivity index (χ4n) is 4.36. The molecular weight excluding hydrogens is 324 g/mol. The Kier molecular flexibility index (Phi) is 4.05. The molecule has 134 valence electrons. The van der Waals surface area contributed by atoms with Gasteiger partial charge in [0.15, 0.2) is 5.65 Å². The van der Waals surface area contributed by atoms with Gasteiger partial charge in [0.25, 0.3) is 0 Å². The van der Waals surface area contributed by atoms with Crippen LogP contribution in [0.4, 0.5) is 5.82 Å². The van der Waals surface area contributed by atoms with Crippen molar-refractivity contribution in [2.45, 2.75) is 31.7 Å². The number of piperidine rings is 1. The minimum atomic E-state index is 0.657. The van der Waals surface area contributed by atoms with E-state index in [1.54, 1.807) is 6.33 Å². The second kappa shape index (κ2) is 6.68. The van der Waals surface area contributed by atoms with Crippen LogP contribution in [-0.4, -0.2) is 56.9 Å². The summed E-state index contributed by atoms with van der Waals surface area (Å²) in [4.78, 5) is 14.2. The van der Waals surface area contributed by atoms with Gasteiger partial charge >= 0.3 is 0 Å². The van der Waals surface area contributed by atoms with Crippen LogP contribution in [0.25, 0.3) is 16.7 Å². The van der Waals surface area contributed by atoms with E-state index >= 15 is 0 Å². The summed E-state index contributed by atoms with van der Waals surface area (Å²) < 4.78 is 1.90. The molecule has 0 bridgehead atoms. The summed E-state index contributed by atoms with van der Waals surface area (Å²) in [6.45, 7) is 4.62. The van der Waals surface area contributed by atoms with Crippen LogP contribution in [0.15, 0.2) is 42.9 Å². The van der Waals surface area contributed by atoms with Crippen LogP contribution in [0.3, 0.4) is 0 Å². The van der Waals surface area contributed by atoms with E-state index in [4.69, 9.17) is 0 Å². The first kappa shape index (κ1) is 15.8. The zero-order valence-electron chi connectivity index (χ0n) is 15.0. The molecule has 2 aromatic heterocycles. The van der Waals surface area contributed by atoms with Gasteiger partial charge in [0, 0.05) is 19.1 Å². The number of hydrogen-bond acceptors (Lipinski definition) is 5. The lowest BCUT2D eigenvalue weighted by atomic mass is 10.1. The molecule has 0 aliphatic carbocycles. The summed E-state index contributed by atoms with van der Waals surface area (Å²) in [6, 6.07) is 10.8. The lowest BCUT2D eigenvalue weighted by Crippen LogP contribution is -2.41. The highest BCUT2D eigenvalue weighted by Crippen LogP contribution is 2.29. The molecule has 6 heteroatoms. The molecule has 0 N–H and O–H groups in total. The maximum atomic E-state index is 4.62. The normalized spacial score (nSPS) is 21.5. The number of anilines is 1. The molecule has 0 amide bonds. The summed E-state index contributed by atoms with van der Waals surface area (Å²) in [5, 5.41) is 5.62. The van der Waals surface area contributed by atoms with Gasteiger partial charge in [-0.1, -0.05) is 24.6 Å². The zero-order valence-corrected chi connectivity index (χ0v) is 15.0. The standard InChI is InChI=1S/C20H24N6/c1-3-7-16(8-4-1)26-20-18(13-23-26)19(21-15-22-20)25-12-9-17(14-25)24-10-5-2-6-11-24/h1,3-4,7-8,13,15,17H,2,5-6,9-12,14H2. The number of aromatic nitrogens is 4. The quantitative estimate of drug-likeness (QED) is 0.728. The molecule has 6 nitrogen and oxygen atoms in total. The molecule has 2 aliphatic rings. The van der Waals surface area contributed by atoms with Crippen LogP contribution in [0.2, 0.25) is 0 Å². The molecule has 2 saturated heterocycles. The van der Waals surface area contributed by atoms with Gasteiger partial charge in [0.05, 0.1) is 17.3 Å². The van der Waals surface area contributed by atoms with E-state index in [1.165, 1.54) is 38.8 Å². The molecular formula is C20H24N6. The number of nitrogens with zero attached hydrogens (tertiary/aromatic N) is 6. The number of benzene rings is 1. The second-order valence-electron chi connectivity index (χ2n) is 7.31. The molecule has 1 atom stereocenters. The molecule has 2 aliphatic heterocycles. The Morgan fingerprint density at radius 3 is 2.62 bits per heavy atom. The minimum absolute atomic E-state index is 0.657. The average molecular weight is 348 g/mol. The Labute approximate surface area is 153 Å². The van der Waals surface area contributed by atoms with Crippen LogP contribution in [-0.2, 0) is 0 Å². The molecule has 3 aromatic rings. The molecule has 26 heavy (non-hydrogen) atoms. The van der Waals surface area contributed by atoms with Crippen molar-refractivity contribution in [1.82, 2.24) is 24.6 Å². The average Bonchev–Trinajstić information content (AvgIpc) is 3.37. The number of fused-ring (bicyclic) bond motifs is 1. The Balaban J connectivity index is 1.44. The van der Waals surface area contributed by atoms with Crippen LogP contribution < -0.4 is 4.90 Å². The van der Waals surface area contributed by atoms with Crippen LogP contribution in [0.5, 0.6) is 0 Å². The first-order valence-corrected chi connectivity index (χ1v) is 9.63. The Hall–Kier alpha value is -2.47. The smallest absolute Gasteiger partial charge is 0.168 e. The Morgan fingerprint density at radius 2 is 1.77 bits per heavy atom. The van der Waals surface area contributed by atoms with E-state index in [1.807, 2.05) is 29.1 Å². The summed E-state index contributed by atoms with van der Waals surface area (Å²) in [7, 11) is 0. The van der Waals surface area contributed by atoms with Crippen molar-refractivity contribution in [1.29, 1.82) is 0 Å². The molecule has 4 heterocycles. The number of para-hydroxylation sites is 1. The Morgan fingerprint density at radius 1 is 0.923 bits per heavy atom. The van der Waals surface area contributed by atoms with E-state index in [0.717, 1.165) is 35.6 Å². The maximum absolute atomic E-state index is 4.62. The van der Waals surface area contributed by atoms with Crippen molar-refractivity contribution in [2.75, 3.05) is 31.1 Å². The summed E-state index contributed by atoms with van der Waals surface area (Å²) in [5.74, 6) is 1.02. The number of rotatable bonds is 3. The van der Waals surface area contributed by atoms with Crippen molar-refractivity contribution in [3.8, 4) is 5.69 Å². The maximum Gasteiger partial charge on any atom is 0.168 e. The first-order chi connectivity index (χ1) is 12.9. The zero-order chi connectivity index (χ0) is 17.3. The molecule has 0 spiro atoms. The SMILES string of the molecule is c1ccc(-n2ncc3c(N4CCC(N5CCCCC5)C4)ncnc32)cc1. The highest BCUT2D eigenvalue weighted by molar-refractivity contribution is 5.87. The van der Waals surface area contributed by atoms with Crippen LogP contribution in [0.1, 0.15) is 25.7 Å². The van der Waals surface area contributed by atoms with E-state index < -0.39 is 0 Å². The van der Waals surface area contributed by atoms with Crippen molar-refractivity contribution in [3.05, 3.63) is 42.9 Å². The van der Waals surface area contributed by atoms with Gasteiger partial charge in [0.1, 0.15) is 12.1 Å². The fraction of sp³-hybridized carbons (Fsp3) is 0.450. The third-order valence-electron chi connectivity index (χ3n) is 5.72. The largest absolute Gasteiger partial charge is 0.354 e. The monoisotopic (exact) mass is 348 g/mol. The number of hydrogen-bond donors (Lipinski definition) is 0. The van der Waals surface area contributed by atoms with E-state index in [-0.39, 0.29) is 0 Å². The van der Waals surface area contributed by atoms with Gasteiger partial charge in [-0.05, 0) is 44.5 Å². The predicted octanol–water partition coefficient (Wildman–Crippen LogP) is 2.88. The van der Waals surface area contributed by atoms with Crippen molar-refractivity contribution in [3.63, 3.8) is 0 Å². The molecule has 5 rings (SSSR count). The van der Waals surface area contributed by atoms with E-state index in [0.29, 0.717) is 6.04 Å². The van der Waals surface area contributed by atoms with E-state index in [9.17, 15) is 0 Å².